The molecule has 4 nitrogen and oxygen atoms in total. The summed E-state index contributed by atoms with van der Waals surface area (Å²) in [5, 5.41) is 8.24. The monoisotopic (exact) mass is 387 g/mol. The summed E-state index contributed by atoms with van der Waals surface area (Å²) in [5.41, 5.74) is 3.73. The van der Waals surface area contributed by atoms with Gasteiger partial charge < -0.3 is 5.32 Å². The second-order valence-electron chi connectivity index (χ2n) is 6.01. The van der Waals surface area contributed by atoms with Crippen LogP contribution in [0.1, 0.15) is 34.1 Å². The van der Waals surface area contributed by atoms with Crippen LogP contribution in [0.2, 0.25) is 10.2 Å². The van der Waals surface area contributed by atoms with Crippen LogP contribution in [0.15, 0.2) is 48.5 Å². The van der Waals surface area contributed by atoms with Crippen LogP contribution < -0.4 is 5.32 Å². The van der Waals surface area contributed by atoms with Crippen molar-refractivity contribution < 1.29 is 4.79 Å². The van der Waals surface area contributed by atoms with Crippen molar-refractivity contribution in [2.45, 2.75) is 26.8 Å². The Morgan fingerprint density at radius 3 is 2.65 bits per heavy atom. The number of nitrogens with one attached hydrogen (secondary N) is 1. The number of aromatic nitrogens is 2. The maximum atomic E-state index is 12.7. The standard InChI is InChI=1S/C20H19Cl2N3O/c1-3-14-7-6-9-16(11-14)23-20(26)18-13(2)24-25(19(18)22)12-15-8-4-5-10-17(15)21/h4-11H,3,12H2,1-2H3,(H,23,26). The fraction of sp³-hybridized carbons (Fsp3) is 0.200. The minimum atomic E-state index is -0.272. The van der Waals surface area contributed by atoms with Gasteiger partial charge in [-0.1, -0.05) is 60.5 Å². The molecular formula is C20H19Cl2N3O. The van der Waals surface area contributed by atoms with E-state index in [1.165, 1.54) is 0 Å². The van der Waals surface area contributed by atoms with Gasteiger partial charge in [-0.05, 0) is 42.7 Å². The van der Waals surface area contributed by atoms with Gasteiger partial charge in [0.05, 0.1) is 17.8 Å². The molecule has 1 aromatic heterocycles. The number of nitrogens with zero attached hydrogens (tertiary/aromatic N) is 2. The molecule has 0 saturated carbocycles. The number of carbonyl (C=O) groups is 1. The molecule has 0 aliphatic carbocycles. The highest BCUT2D eigenvalue weighted by Gasteiger charge is 2.21. The third-order valence-electron chi connectivity index (χ3n) is 4.16. The Balaban J connectivity index is 1.85. The first-order valence-electron chi connectivity index (χ1n) is 8.36. The van der Waals surface area contributed by atoms with Crippen LogP contribution in [-0.4, -0.2) is 15.7 Å². The topological polar surface area (TPSA) is 46.9 Å². The third-order valence-corrected chi connectivity index (χ3v) is 4.92. The van der Waals surface area contributed by atoms with Crippen molar-refractivity contribution in [3.63, 3.8) is 0 Å². The molecule has 1 amide bonds. The minimum Gasteiger partial charge on any atom is -0.322 e. The Kier molecular flexibility index (Phi) is 5.64. The summed E-state index contributed by atoms with van der Waals surface area (Å²) in [6.07, 6.45) is 0.902. The van der Waals surface area contributed by atoms with Gasteiger partial charge in [0.1, 0.15) is 5.15 Å². The van der Waals surface area contributed by atoms with E-state index in [0.29, 0.717) is 28.0 Å². The molecule has 2 aromatic carbocycles. The molecule has 1 N–H and O–H groups in total. The lowest BCUT2D eigenvalue weighted by Crippen LogP contribution is -2.13. The maximum Gasteiger partial charge on any atom is 0.260 e. The van der Waals surface area contributed by atoms with Crippen LogP contribution in [0.5, 0.6) is 0 Å². The zero-order chi connectivity index (χ0) is 18.7. The van der Waals surface area contributed by atoms with Crippen molar-refractivity contribution in [2.75, 3.05) is 5.32 Å². The first-order chi connectivity index (χ1) is 12.5. The summed E-state index contributed by atoms with van der Waals surface area (Å²) in [5.74, 6) is -0.272. The van der Waals surface area contributed by atoms with Gasteiger partial charge in [-0.2, -0.15) is 5.10 Å². The molecule has 26 heavy (non-hydrogen) atoms. The van der Waals surface area contributed by atoms with E-state index in [2.05, 4.69) is 17.3 Å². The SMILES string of the molecule is CCc1cccc(NC(=O)c2c(C)nn(Cc3ccccc3Cl)c2Cl)c1. The Hall–Kier alpha value is -2.30. The smallest absolute Gasteiger partial charge is 0.260 e. The summed E-state index contributed by atoms with van der Waals surface area (Å²) in [6.45, 7) is 4.24. The summed E-state index contributed by atoms with van der Waals surface area (Å²) in [4.78, 5) is 12.7. The Labute approximate surface area is 162 Å². The molecule has 0 fully saturated rings. The first kappa shape index (κ1) is 18.5. The molecule has 0 radical (unpaired) electrons. The number of halogens is 2. The van der Waals surface area contributed by atoms with E-state index in [4.69, 9.17) is 23.2 Å². The number of amides is 1. The molecule has 3 aromatic rings. The molecule has 0 unspecified atom stereocenters. The fourth-order valence-electron chi connectivity index (χ4n) is 2.77. The van der Waals surface area contributed by atoms with Crippen molar-refractivity contribution in [1.29, 1.82) is 0 Å². The lowest BCUT2D eigenvalue weighted by Gasteiger charge is -2.08. The Morgan fingerprint density at radius 1 is 1.15 bits per heavy atom. The molecular weight excluding hydrogens is 369 g/mol. The molecule has 6 heteroatoms. The molecule has 3 rings (SSSR count). The van der Waals surface area contributed by atoms with E-state index in [0.717, 1.165) is 23.2 Å². The van der Waals surface area contributed by atoms with Gasteiger partial charge in [0.25, 0.3) is 5.91 Å². The number of aryl methyl sites for hydroxylation is 2. The highest BCUT2D eigenvalue weighted by atomic mass is 35.5. The van der Waals surface area contributed by atoms with Crippen LogP contribution in [-0.2, 0) is 13.0 Å². The lowest BCUT2D eigenvalue weighted by molar-refractivity contribution is 0.102. The fourth-order valence-corrected chi connectivity index (χ4v) is 3.28. The summed E-state index contributed by atoms with van der Waals surface area (Å²) in [6, 6.07) is 15.2. The van der Waals surface area contributed by atoms with Gasteiger partial charge in [0, 0.05) is 10.7 Å². The predicted molar refractivity (Wildman–Crippen MR) is 106 cm³/mol. The maximum absolute atomic E-state index is 12.7. The predicted octanol–water partition coefficient (Wildman–Crippen LogP) is 5.36. The van der Waals surface area contributed by atoms with Crippen molar-refractivity contribution in [3.8, 4) is 0 Å². The van der Waals surface area contributed by atoms with Crippen LogP contribution in [0.4, 0.5) is 5.69 Å². The molecule has 0 atom stereocenters. The van der Waals surface area contributed by atoms with Crippen LogP contribution in [0.3, 0.4) is 0 Å². The number of anilines is 1. The van der Waals surface area contributed by atoms with E-state index in [1.54, 1.807) is 11.6 Å². The van der Waals surface area contributed by atoms with E-state index in [9.17, 15) is 4.79 Å². The van der Waals surface area contributed by atoms with Crippen LogP contribution in [0.25, 0.3) is 0 Å². The quantitative estimate of drug-likeness (QED) is 0.640. The van der Waals surface area contributed by atoms with Gasteiger partial charge in [0.15, 0.2) is 0 Å². The van der Waals surface area contributed by atoms with Crippen molar-refractivity contribution in [1.82, 2.24) is 9.78 Å². The van der Waals surface area contributed by atoms with Gasteiger partial charge in [0.2, 0.25) is 0 Å². The largest absolute Gasteiger partial charge is 0.322 e. The van der Waals surface area contributed by atoms with Gasteiger partial charge in [-0.3, -0.25) is 4.79 Å². The summed E-state index contributed by atoms with van der Waals surface area (Å²) in [7, 11) is 0. The molecule has 0 aliphatic heterocycles. The molecule has 0 bridgehead atoms. The van der Waals surface area contributed by atoms with Crippen molar-refractivity contribution in [3.05, 3.63) is 81.1 Å². The molecule has 134 valence electrons. The normalized spacial score (nSPS) is 10.8. The van der Waals surface area contributed by atoms with Gasteiger partial charge in [-0.25, -0.2) is 4.68 Å². The summed E-state index contributed by atoms with van der Waals surface area (Å²) >= 11 is 12.7. The number of hydrogen-bond donors (Lipinski definition) is 1. The second-order valence-corrected chi connectivity index (χ2v) is 6.77. The number of rotatable bonds is 5. The van der Waals surface area contributed by atoms with E-state index >= 15 is 0 Å². The van der Waals surface area contributed by atoms with Crippen molar-refractivity contribution >= 4 is 34.8 Å². The van der Waals surface area contributed by atoms with Crippen molar-refractivity contribution in [2.24, 2.45) is 0 Å². The third kappa shape index (κ3) is 3.92. The molecule has 0 aliphatic rings. The lowest BCUT2D eigenvalue weighted by atomic mass is 10.1. The summed E-state index contributed by atoms with van der Waals surface area (Å²) < 4.78 is 1.59. The Morgan fingerprint density at radius 2 is 1.92 bits per heavy atom. The van der Waals surface area contributed by atoms with Gasteiger partial charge >= 0.3 is 0 Å². The highest BCUT2D eigenvalue weighted by Crippen LogP contribution is 2.24. The number of carbonyl (C=O) groups excluding carboxylic acids is 1. The highest BCUT2D eigenvalue weighted by molar-refractivity contribution is 6.34. The van der Waals surface area contributed by atoms with Crippen LogP contribution >= 0.6 is 23.2 Å². The molecule has 0 saturated heterocycles. The van der Waals surface area contributed by atoms with Gasteiger partial charge in [-0.15, -0.1) is 0 Å². The number of hydrogen-bond acceptors (Lipinski definition) is 2. The Bertz CT molecular complexity index is 950. The number of benzene rings is 2. The zero-order valence-electron chi connectivity index (χ0n) is 14.6. The average molecular weight is 388 g/mol. The van der Waals surface area contributed by atoms with E-state index in [1.807, 2.05) is 48.5 Å². The second kappa shape index (κ2) is 7.94. The zero-order valence-corrected chi connectivity index (χ0v) is 16.1. The van der Waals surface area contributed by atoms with E-state index in [-0.39, 0.29) is 5.91 Å². The van der Waals surface area contributed by atoms with Crippen LogP contribution in [0, 0.1) is 6.92 Å². The minimum absolute atomic E-state index is 0.272. The first-order valence-corrected chi connectivity index (χ1v) is 9.11. The van der Waals surface area contributed by atoms with E-state index < -0.39 is 0 Å². The average Bonchev–Trinajstić information content (AvgIpc) is 2.90. The molecule has 0 spiro atoms. The molecule has 1 heterocycles.